The molecule has 0 fully saturated rings. The zero-order chi connectivity index (χ0) is 14.8. The smallest absolute Gasteiger partial charge is 0.381 e. The molecule has 2 rings (SSSR count). The number of nitrogens with one attached hydrogen (secondary N) is 1. The number of alkyl halides is 3. The van der Waals surface area contributed by atoms with Crippen molar-refractivity contribution in [2.45, 2.75) is 19.6 Å². The van der Waals surface area contributed by atoms with Gasteiger partial charge in [-0.3, -0.25) is 0 Å². The van der Waals surface area contributed by atoms with E-state index in [0.717, 1.165) is 33.4 Å². The van der Waals surface area contributed by atoms with Gasteiger partial charge in [-0.15, -0.1) is 0 Å². The van der Waals surface area contributed by atoms with Crippen molar-refractivity contribution < 1.29 is 13.2 Å². The molecule has 0 saturated heterocycles. The predicted octanol–water partition coefficient (Wildman–Crippen LogP) is 5.39. The minimum absolute atomic E-state index is 0.485. The fraction of sp³-hybridized carbons (Fsp3) is 0.200. The van der Waals surface area contributed by atoms with Gasteiger partial charge < -0.3 is 5.32 Å². The van der Waals surface area contributed by atoms with Crippen LogP contribution in [0.2, 0.25) is 0 Å². The number of aryl methyl sites for hydroxylation is 1. The Balaban J connectivity index is 2.02. The summed E-state index contributed by atoms with van der Waals surface area (Å²) in [6.07, 6.45) is -4.28. The second-order valence-electron chi connectivity index (χ2n) is 4.51. The molecule has 0 bridgehead atoms. The normalized spacial score (nSPS) is 11.4. The molecular formula is C15H13BrF3N. The quantitative estimate of drug-likeness (QED) is 0.787. The summed E-state index contributed by atoms with van der Waals surface area (Å²) in [7, 11) is 0. The summed E-state index contributed by atoms with van der Waals surface area (Å²) in [4.78, 5) is 0. The first-order valence-electron chi connectivity index (χ1n) is 6.02. The predicted molar refractivity (Wildman–Crippen MR) is 77.6 cm³/mol. The van der Waals surface area contributed by atoms with Crippen LogP contribution in [0.5, 0.6) is 0 Å². The van der Waals surface area contributed by atoms with Crippen molar-refractivity contribution in [1.29, 1.82) is 0 Å². The summed E-state index contributed by atoms with van der Waals surface area (Å²) < 4.78 is 38.3. The molecule has 0 aliphatic rings. The lowest BCUT2D eigenvalue weighted by atomic mass is 10.1. The highest BCUT2D eigenvalue weighted by atomic mass is 79.9. The molecule has 20 heavy (non-hydrogen) atoms. The molecule has 0 aliphatic carbocycles. The minimum atomic E-state index is -4.28. The molecule has 1 N–H and O–H groups in total. The lowest BCUT2D eigenvalue weighted by Crippen LogP contribution is -2.05. The molecule has 0 atom stereocenters. The molecule has 0 spiro atoms. The maximum atomic E-state index is 12.4. The van der Waals surface area contributed by atoms with Crippen LogP contribution in [0.25, 0.3) is 0 Å². The van der Waals surface area contributed by atoms with Crippen molar-refractivity contribution in [1.82, 2.24) is 0 Å². The van der Waals surface area contributed by atoms with Gasteiger partial charge in [0.25, 0.3) is 0 Å². The Morgan fingerprint density at radius 2 is 1.70 bits per heavy atom. The Morgan fingerprint density at radius 1 is 1.05 bits per heavy atom. The zero-order valence-electron chi connectivity index (χ0n) is 10.8. The molecule has 0 unspecified atom stereocenters. The van der Waals surface area contributed by atoms with Gasteiger partial charge in [0, 0.05) is 16.7 Å². The van der Waals surface area contributed by atoms with Crippen LogP contribution in [0, 0.1) is 6.92 Å². The van der Waals surface area contributed by atoms with E-state index in [0.29, 0.717) is 6.54 Å². The van der Waals surface area contributed by atoms with E-state index in [2.05, 4.69) is 21.2 Å². The maximum absolute atomic E-state index is 12.4. The first-order valence-corrected chi connectivity index (χ1v) is 6.82. The van der Waals surface area contributed by atoms with Crippen LogP contribution in [0.15, 0.2) is 46.9 Å². The standard InChI is InChI=1S/C15H13BrF3N/c1-10-8-13(6-7-14(10)16)20-9-11-2-4-12(5-3-11)15(17,18)19/h2-8,20H,9H2,1H3. The zero-order valence-corrected chi connectivity index (χ0v) is 12.3. The number of rotatable bonds is 3. The lowest BCUT2D eigenvalue weighted by Gasteiger charge is -2.10. The van der Waals surface area contributed by atoms with E-state index in [1.165, 1.54) is 12.1 Å². The summed E-state index contributed by atoms with van der Waals surface area (Å²) in [5, 5.41) is 3.19. The van der Waals surface area contributed by atoms with Crippen LogP contribution in [0.4, 0.5) is 18.9 Å². The van der Waals surface area contributed by atoms with Crippen LogP contribution >= 0.6 is 15.9 Å². The van der Waals surface area contributed by atoms with Crippen LogP contribution < -0.4 is 5.32 Å². The third-order valence-electron chi connectivity index (χ3n) is 2.94. The number of hydrogen-bond donors (Lipinski definition) is 1. The fourth-order valence-corrected chi connectivity index (χ4v) is 2.02. The molecule has 5 heteroatoms. The lowest BCUT2D eigenvalue weighted by molar-refractivity contribution is -0.137. The van der Waals surface area contributed by atoms with E-state index in [4.69, 9.17) is 0 Å². The van der Waals surface area contributed by atoms with Gasteiger partial charge in [-0.05, 0) is 48.4 Å². The first-order chi connectivity index (χ1) is 9.36. The molecule has 0 amide bonds. The van der Waals surface area contributed by atoms with E-state index >= 15 is 0 Å². The van der Waals surface area contributed by atoms with Gasteiger partial charge in [-0.1, -0.05) is 28.1 Å². The van der Waals surface area contributed by atoms with E-state index in [9.17, 15) is 13.2 Å². The highest BCUT2D eigenvalue weighted by Gasteiger charge is 2.29. The van der Waals surface area contributed by atoms with Crippen molar-refractivity contribution >= 4 is 21.6 Å². The van der Waals surface area contributed by atoms with Crippen molar-refractivity contribution in [3.63, 3.8) is 0 Å². The van der Waals surface area contributed by atoms with Crippen molar-refractivity contribution in [3.8, 4) is 0 Å². The Morgan fingerprint density at radius 3 is 2.25 bits per heavy atom. The third-order valence-corrected chi connectivity index (χ3v) is 3.83. The summed E-state index contributed by atoms with van der Waals surface area (Å²) in [5.74, 6) is 0. The Bertz CT molecular complexity index is 591. The fourth-order valence-electron chi connectivity index (χ4n) is 1.77. The van der Waals surface area contributed by atoms with Gasteiger partial charge in [-0.25, -0.2) is 0 Å². The van der Waals surface area contributed by atoms with E-state index < -0.39 is 11.7 Å². The van der Waals surface area contributed by atoms with E-state index in [1.807, 2.05) is 25.1 Å². The summed E-state index contributed by atoms with van der Waals surface area (Å²) in [6, 6.07) is 11.0. The monoisotopic (exact) mass is 343 g/mol. The highest BCUT2D eigenvalue weighted by Crippen LogP contribution is 2.29. The third kappa shape index (κ3) is 3.76. The minimum Gasteiger partial charge on any atom is -0.381 e. The number of halogens is 4. The molecular weight excluding hydrogens is 331 g/mol. The summed E-state index contributed by atoms with van der Waals surface area (Å²) in [6.45, 7) is 2.46. The molecule has 0 aromatic heterocycles. The summed E-state index contributed by atoms with van der Waals surface area (Å²) in [5.41, 5.74) is 2.22. The molecule has 1 nitrogen and oxygen atoms in total. The molecule has 106 valence electrons. The van der Waals surface area contributed by atoms with Crippen LogP contribution in [0.1, 0.15) is 16.7 Å². The Labute approximate surface area is 123 Å². The summed E-state index contributed by atoms with van der Waals surface area (Å²) >= 11 is 3.42. The number of anilines is 1. The van der Waals surface area contributed by atoms with Gasteiger partial charge in [0.05, 0.1) is 5.56 Å². The topological polar surface area (TPSA) is 12.0 Å². The van der Waals surface area contributed by atoms with Crippen LogP contribution in [0.3, 0.4) is 0 Å². The van der Waals surface area contributed by atoms with Gasteiger partial charge >= 0.3 is 6.18 Å². The largest absolute Gasteiger partial charge is 0.416 e. The molecule has 0 heterocycles. The van der Waals surface area contributed by atoms with Crippen molar-refractivity contribution in [3.05, 3.63) is 63.6 Å². The van der Waals surface area contributed by atoms with Gasteiger partial charge in [0.1, 0.15) is 0 Å². The molecule has 0 radical (unpaired) electrons. The van der Waals surface area contributed by atoms with Crippen molar-refractivity contribution in [2.24, 2.45) is 0 Å². The van der Waals surface area contributed by atoms with Crippen molar-refractivity contribution in [2.75, 3.05) is 5.32 Å². The molecule has 2 aromatic carbocycles. The van der Waals surface area contributed by atoms with E-state index in [-0.39, 0.29) is 0 Å². The maximum Gasteiger partial charge on any atom is 0.416 e. The van der Waals surface area contributed by atoms with E-state index in [1.54, 1.807) is 0 Å². The number of hydrogen-bond acceptors (Lipinski definition) is 1. The Hall–Kier alpha value is -1.49. The average molecular weight is 344 g/mol. The second-order valence-corrected chi connectivity index (χ2v) is 5.37. The average Bonchev–Trinajstić information content (AvgIpc) is 2.40. The van der Waals surface area contributed by atoms with Gasteiger partial charge in [0.15, 0.2) is 0 Å². The van der Waals surface area contributed by atoms with Gasteiger partial charge in [-0.2, -0.15) is 13.2 Å². The highest BCUT2D eigenvalue weighted by molar-refractivity contribution is 9.10. The molecule has 0 aliphatic heterocycles. The van der Waals surface area contributed by atoms with Crippen LogP contribution in [-0.4, -0.2) is 0 Å². The molecule has 2 aromatic rings. The SMILES string of the molecule is Cc1cc(NCc2ccc(C(F)(F)F)cc2)ccc1Br. The second kappa shape index (κ2) is 5.87. The van der Waals surface area contributed by atoms with Gasteiger partial charge in [0.2, 0.25) is 0 Å². The molecule has 0 saturated carbocycles. The first kappa shape index (κ1) is 14.9. The Kier molecular flexibility index (Phi) is 4.38. The number of benzene rings is 2. The van der Waals surface area contributed by atoms with Crippen LogP contribution in [-0.2, 0) is 12.7 Å².